The highest BCUT2D eigenvalue weighted by molar-refractivity contribution is 6.30. The second-order valence-corrected chi connectivity index (χ2v) is 8.43. The molecule has 0 aliphatic rings. The molecule has 5 nitrogen and oxygen atoms in total. The lowest BCUT2D eigenvalue weighted by molar-refractivity contribution is 0.00548. The summed E-state index contributed by atoms with van der Waals surface area (Å²) in [5.41, 5.74) is 7.51. The number of halogens is 1. The molecule has 0 aliphatic carbocycles. The van der Waals surface area contributed by atoms with Gasteiger partial charge in [0.05, 0.1) is 12.6 Å². The van der Waals surface area contributed by atoms with Crippen LogP contribution in [0.5, 0.6) is 0 Å². The van der Waals surface area contributed by atoms with Crippen molar-refractivity contribution in [2.75, 3.05) is 12.3 Å². The van der Waals surface area contributed by atoms with Crippen molar-refractivity contribution in [1.29, 1.82) is 0 Å². The number of benzene rings is 2. The Bertz CT molecular complexity index is 787. The van der Waals surface area contributed by atoms with Gasteiger partial charge in [-0.2, -0.15) is 0 Å². The van der Waals surface area contributed by atoms with E-state index in [1.165, 1.54) is 0 Å². The molecule has 0 bridgehead atoms. The Kier molecular flexibility index (Phi) is 7.33. The fourth-order valence-electron chi connectivity index (χ4n) is 2.87. The van der Waals surface area contributed by atoms with E-state index in [0.717, 1.165) is 5.56 Å². The summed E-state index contributed by atoms with van der Waals surface area (Å²) >= 11 is 6.03. The molecule has 0 aromatic heterocycles. The van der Waals surface area contributed by atoms with Crippen LogP contribution < -0.4 is 5.73 Å². The third-order valence-electron chi connectivity index (χ3n) is 4.27. The number of rotatable bonds is 6. The molecule has 0 spiro atoms. The Morgan fingerprint density at radius 2 is 1.86 bits per heavy atom. The van der Waals surface area contributed by atoms with Gasteiger partial charge in [-0.15, -0.1) is 0 Å². The van der Waals surface area contributed by atoms with Gasteiger partial charge in [0.25, 0.3) is 0 Å². The molecule has 0 saturated heterocycles. The number of carbonyl (C=O) groups excluding carboxylic acids is 1. The average Bonchev–Trinajstić information content (AvgIpc) is 2.59. The Morgan fingerprint density at radius 1 is 1.21 bits per heavy atom. The van der Waals surface area contributed by atoms with Crippen LogP contribution in [-0.4, -0.2) is 34.3 Å². The number of carbonyl (C=O) groups is 1. The molecule has 1 unspecified atom stereocenters. The predicted octanol–water partition coefficient (Wildman–Crippen LogP) is 4.82. The third kappa shape index (κ3) is 6.73. The molecule has 0 radical (unpaired) electrons. The van der Waals surface area contributed by atoms with Gasteiger partial charge in [0, 0.05) is 16.8 Å². The number of hydrogen-bond donors (Lipinski definition) is 2. The number of aliphatic hydroxyl groups is 1. The zero-order chi connectivity index (χ0) is 20.9. The van der Waals surface area contributed by atoms with Gasteiger partial charge in [-0.25, -0.2) is 4.79 Å². The van der Waals surface area contributed by atoms with Crippen molar-refractivity contribution >= 4 is 23.4 Å². The molecular weight excluding hydrogens is 376 g/mol. The monoisotopic (exact) mass is 404 g/mol. The normalized spacial score (nSPS) is 13.6. The standard InChI is InChI=1S/C22H29ClN2O3/c1-15(12-16-8-10-19(24)11-9-16)25(21(27)28-22(2,3)4)14-20(26)17-6-5-7-18(23)13-17/h5-11,13,15,20,26H,12,14,24H2,1-4H3/t15?,20-/m0/s1. The van der Waals surface area contributed by atoms with Crippen molar-refractivity contribution in [3.8, 4) is 0 Å². The molecule has 6 heteroatoms. The van der Waals surface area contributed by atoms with Crippen molar-refractivity contribution in [3.05, 3.63) is 64.7 Å². The lowest BCUT2D eigenvalue weighted by Crippen LogP contribution is -2.45. The molecule has 0 aliphatic heterocycles. The van der Waals surface area contributed by atoms with Crippen molar-refractivity contribution in [3.63, 3.8) is 0 Å². The lowest BCUT2D eigenvalue weighted by atomic mass is 10.0. The molecule has 0 saturated carbocycles. The minimum Gasteiger partial charge on any atom is -0.444 e. The molecule has 2 atom stereocenters. The summed E-state index contributed by atoms with van der Waals surface area (Å²) in [6.07, 6.45) is -0.724. The van der Waals surface area contributed by atoms with Gasteiger partial charge in [-0.3, -0.25) is 0 Å². The van der Waals surface area contributed by atoms with Gasteiger partial charge in [0.1, 0.15) is 5.60 Å². The highest BCUT2D eigenvalue weighted by atomic mass is 35.5. The van der Waals surface area contributed by atoms with E-state index >= 15 is 0 Å². The maximum Gasteiger partial charge on any atom is 0.410 e. The first-order chi connectivity index (χ1) is 13.0. The molecule has 3 N–H and O–H groups in total. The second kappa shape index (κ2) is 9.30. The van der Waals surface area contributed by atoms with Gasteiger partial charge < -0.3 is 20.5 Å². The van der Waals surface area contributed by atoms with Crippen LogP contribution >= 0.6 is 11.6 Å². The number of aliphatic hydroxyl groups excluding tert-OH is 1. The summed E-state index contributed by atoms with van der Waals surface area (Å²) in [5, 5.41) is 11.2. The highest BCUT2D eigenvalue weighted by Crippen LogP contribution is 2.22. The van der Waals surface area contributed by atoms with Crippen LogP contribution in [0.15, 0.2) is 48.5 Å². The number of nitrogens with two attached hydrogens (primary N) is 1. The van der Waals surface area contributed by atoms with E-state index in [4.69, 9.17) is 22.1 Å². The topological polar surface area (TPSA) is 75.8 Å². The summed E-state index contributed by atoms with van der Waals surface area (Å²) in [7, 11) is 0. The van der Waals surface area contributed by atoms with Gasteiger partial charge in [0.15, 0.2) is 0 Å². The van der Waals surface area contributed by atoms with Crippen LogP contribution in [0.1, 0.15) is 44.9 Å². The van der Waals surface area contributed by atoms with Crippen LogP contribution in [0, 0.1) is 0 Å². The SMILES string of the molecule is CC(Cc1ccc(N)cc1)N(C[C@H](O)c1cccc(Cl)c1)C(=O)OC(C)(C)C. The summed E-state index contributed by atoms with van der Waals surface area (Å²) < 4.78 is 5.57. The first-order valence-electron chi connectivity index (χ1n) is 9.33. The molecule has 0 heterocycles. The van der Waals surface area contributed by atoms with E-state index in [9.17, 15) is 9.90 Å². The van der Waals surface area contributed by atoms with Gasteiger partial charge in [-0.05, 0) is 69.5 Å². The van der Waals surface area contributed by atoms with Gasteiger partial charge in [-0.1, -0.05) is 35.9 Å². The second-order valence-electron chi connectivity index (χ2n) is 8.00. The van der Waals surface area contributed by atoms with Crippen LogP contribution in [-0.2, 0) is 11.2 Å². The van der Waals surface area contributed by atoms with Crippen LogP contribution in [0.25, 0.3) is 0 Å². The zero-order valence-corrected chi connectivity index (χ0v) is 17.6. The van der Waals surface area contributed by atoms with E-state index < -0.39 is 17.8 Å². The van der Waals surface area contributed by atoms with Crippen molar-refractivity contribution < 1.29 is 14.6 Å². The Morgan fingerprint density at radius 3 is 2.43 bits per heavy atom. The summed E-state index contributed by atoms with van der Waals surface area (Å²) in [6.45, 7) is 7.50. The first-order valence-corrected chi connectivity index (χ1v) is 9.70. The molecule has 2 aromatic rings. The fraction of sp³-hybridized carbons (Fsp3) is 0.409. The predicted molar refractivity (Wildman–Crippen MR) is 113 cm³/mol. The number of nitrogens with zero attached hydrogens (tertiary/aromatic N) is 1. The Labute approximate surface area is 172 Å². The number of anilines is 1. The van der Waals surface area contributed by atoms with E-state index in [0.29, 0.717) is 22.7 Å². The number of hydrogen-bond acceptors (Lipinski definition) is 4. The minimum atomic E-state index is -0.875. The molecule has 2 aromatic carbocycles. The first kappa shape index (κ1) is 22.1. The molecule has 2 rings (SSSR count). The third-order valence-corrected chi connectivity index (χ3v) is 4.51. The van der Waals surface area contributed by atoms with Crippen molar-refractivity contribution in [1.82, 2.24) is 4.90 Å². The van der Waals surface area contributed by atoms with Crippen molar-refractivity contribution in [2.45, 2.75) is 51.9 Å². The quantitative estimate of drug-likeness (QED) is 0.676. The number of amides is 1. The summed E-state index contributed by atoms with van der Waals surface area (Å²) in [6, 6.07) is 14.4. The van der Waals surface area contributed by atoms with E-state index in [1.807, 2.05) is 52.0 Å². The number of ether oxygens (including phenoxy) is 1. The maximum absolute atomic E-state index is 12.8. The average molecular weight is 405 g/mol. The molecule has 28 heavy (non-hydrogen) atoms. The summed E-state index contributed by atoms with van der Waals surface area (Å²) in [4.78, 5) is 14.4. The van der Waals surface area contributed by atoms with Crippen molar-refractivity contribution in [2.24, 2.45) is 0 Å². The van der Waals surface area contributed by atoms with Crippen LogP contribution in [0.3, 0.4) is 0 Å². The van der Waals surface area contributed by atoms with E-state index in [2.05, 4.69) is 0 Å². The Balaban J connectivity index is 2.20. The van der Waals surface area contributed by atoms with Crippen LogP contribution in [0.4, 0.5) is 10.5 Å². The number of nitrogen functional groups attached to an aromatic ring is 1. The maximum atomic E-state index is 12.8. The minimum absolute atomic E-state index is 0.103. The molecule has 152 valence electrons. The largest absolute Gasteiger partial charge is 0.444 e. The van der Waals surface area contributed by atoms with Gasteiger partial charge in [0.2, 0.25) is 0 Å². The summed E-state index contributed by atoms with van der Waals surface area (Å²) in [5.74, 6) is 0. The molecular formula is C22H29ClN2O3. The molecule has 1 amide bonds. The van der Waals surface area contributed by atoms with E-state index in [-0.39, 0.29) is 12.6 Å². The zero-order valence-electron chi connectivity index (χ0n) is 16.9. The highest BCUT2D eigenvalue weighted by Gasteiger charge is 2.28. The fourth-order valence-corrected chi connectivity index (χ4v) is 3.06. The smallest absolute Gasteiger partial charge is 0.410 e. The molecule has 0 fully saturated rings. The van der Waals surface area contributed by atoms with Crippen LogP contribution in [0.2, 0.25) is 5.02 Å². The Hall–Kier alpha value is -2.24. The lowest BCUT2D eigenvalue weighted by Gasteiger charge is -2.33. The van der Waals surface area contributed by atoms with Gasteiger partial charge >= 0.3 is 6.09 Å². The van der Waals surface area contributed by atoms with E-state index in [1.54, 1.807) is 29.2 Å².